The number of para-hydroxylation sites is 2. The molecule has 7 nitrogen and oxygen atoms in total. The molecular weight excluding hydrogens is 352 g/mol. The van der Waals surface area contributed by atoms with Crippen LogP contribution in [0.4, 0.5) is 5.95 Å². The van der Waals surface area contributed by atoms with Gasteiger partial charge in [0.2, 0.25) is 11.9 Å². The number of nitrogens with zero attached hydrogens (tertiary/aromatic N) is 3. The molecule has 1 aliphatic heterocycles. The van der Waals surface area contributed by atoms with Crippen LogP contribution in [-0.2, 0) is 4.79 Å². The van der Waals surface area contributed by atoms with Gasteiger partial charge in [0.1, 0.15) is 6.04 Å². The SMILES string of the molecule is CC1CC(=O)C2=C(C1)NC(Nc1nc3ccccc3[nH]1)=NC2c1ccncc1. The Morgan fingerprint density at radius 2 is 1.93 bits per heavy atom. The maximum Gasteiger partial charge on any atom is 0.208 e. The lowest BCUT2D eigenvalue weighted by Gasteiger charge is -2.32. The number of anilines is 1. The molecule has 5 rings (SSSR count). The van der Waals surface area contributed by atoms with Gasteiger partial charge < -0.3 is 10.3 Å². The fourth-order valence-corrected chi connectivity index (χ4v) is 3.90. The molecule has 28 heavy (non-hydrogen) atoms. The van der Waals surface area contributed by atoms with E-state index in [1.165, 1.54) is 0 Å². The average molecular weight is 372 g/mol. The number of hydrogen-bond acceptors (Lipinski definition) is 6. The van der Waals surface area contributed by atoms with Gasteiger partial charge in [-0.05, 0) is 42.2 Å². The topological polar surface area (TPSA) is 95.1 Å². The molecule has 0 saturated carbocycles. The van der Waals surface area contributed by atoms with E-state index in [1.807, 2.05) is 36.4 Å². The normalized spacial score (nSPS) is 21.9. The number of aliphatic imine (C=N–C) groups is 1. The molecule has 2 aliphatic rings. The van der Waals surface area contributed by atoms with E-state index in [0.717, 1.165) is 34.3 Å². The summed E-state index contributed by atoms with van der Waals surface area (Å²) in [6.45, 7) is 2.10. The number of rotatable bonds is 2. The van der Waals surface area contributed by atoms with Crippen molar-refractivity contribution in [2.45, 2.75) is 25.8 Å². The number of nitrogens with one attached hydrogen (secondary N) is 3. The number of Topliss-reactive ketones (excluding diaryl/α,β-unsaturated/α-hetero) is 1. The van der Waals surface area contributed by atoms with Crippen molar-refractivity contribution in [3.8, 4) is 0 Å². The van der Waals surface area contributed by atoms with Crippen molar-refractivity contribution in [3.63, 3.8) is 0 Å². The smallest absolute Gasteiger partial charge is 0.208 e. The molecule has 3 aromatic rings. The molecule has 140 valence electrons. The van der Waals surface area contributed by atoms with Gasteiger partial charge in [0.05, 0.1) is 11.0 Å². The molecule has 0 saturated heterocycles. The number of carbonyl (C=O) groups excluding carboxylic acids is 1. The highest BCUT2D eigenvalue weighted by molar-refractivity contribution is 6.03. The van der Waals surface area contributed by atoms with Gasteiger partial charge in [0, 0.05) is 30.1 Å². The van der Waals surface area contributed by atoms with Crippen LogP contribution in [0.1, 0.15) is 31.4 Å². The van der Waals surface area contributed by atoms with E-state index >= 15 is 0 Å². The van der Waals surface area contributed by atoms with Gasteiger partial charge in [-0.1, -0.05) is 19.1 Å². The van der Waals surface area contributed by atoms with Crippen LogP contribution in [0.2, 0.25) is 0 Å². The van der Waals surface area contributed by atoms with Crippen molar-refractivity contribution >= 4 is 28.7 Å². The maximum atomic E-state index is 12.8. The van der Waals surface area contributed by atoms with Crippen LogP contribution in [0.5, 0.6) is 0 Å². The number of aromatic nitrogens is 3. The van der Waals surface area contributed by atoms with E-state index in [-0.39, 0.29) is 11.8 Å². The number of fused-ring (bicyclic) bond motifs is 1. The molecule has 3 N–H and O–H groups in total. The van der Waals surface area contributed by atoms with Crippen LogP contribution in [0, 0.1) is 5.92 Å². The molecule has 0 bridgehead atoms. The lowest BCUT2D eigenvalue weighted by Crippen LogP contribution is -2.40. The summed E-state index contributed by atoms with van der Waals surface area (Å²) in [5, 5.41) is 6.57. The van der Waals surface area contributed by atoms with Crippen LogP contribution < -0.4 is 10.6 Å². The molecule has 2 atom stereocenters. The maximum absolute atomic E-state index is 12.8. The van der Waals surface area contributed by atoms with Crippen LogP contribution in [0.3, 0.4) is 0 Å². The average Bonchev–Trinajstić information content (AvgIpc) is 3.10. The number of H-pyrrole nitrogens is 1. The van der Waals surface area contributed by atoms with Gasteiger partial charge in [0.25, 0.3) is 0 Å². The van der Waals surface area contributed by atoms with Crippen LogP contribution in [0.25, 0.3) is 11.0 Å². The summed E-state index contributed by atoms with van der Waals surface area (Å²) in [6.07, 6.45) is 4.85. The predicted octanol–water partition coefficient (Wildman–Crippen LogP) is 3.32. The van der Waals surface area contributed by atoms with Crippen molar-refractivity contribution in [2.24, 2.45) is 10.9 Å². The van der Waals surface area contributed by atoms with Crippen molar-refractivity contribution in [1.82, 2.24) is 20.3 Å². The van der Waals surface area contributed by atoms with Gasteiger partial charge in [-0.15, -0.1) is 0 Å². The van der Waals surface area contributed by atoms with E-state index in [1.54, 1.807) is 12.4 Å². The summed E-state index contributed by atoms with van der Waals surface area (Å²) in [6, 6.07) is 11.3. The van der Waals surface area contributed by atoms with Gasteiger partial charge in [-0.3, -0.25) is 15.1 Å². The lowest BCUT2D eigenvalue weighted by atomic mass is 9.82. The second kappa shape index (κ2) is 6.60. The molecule has 2 aromatic heterocycles. The first-order valence-electron chi connectivity index (χ1n) is 9.40. The van der Waals surface area contributed by atoms with Gasteiger partial charge >= 0.3 is 0 Å². The van der Waals surface area contributed by atoms with Gasteiger partial charge in [0.15, 0.2) is 5.78 Å². The molecular formula is C21H20N6O. The number of benzene rings is 1. The van der Waals surface area contributed by atoms with Gasteiger partial charge in [-0.2, -0.15) is 0 Å². The van der Waals surface area contributed by atoms with Crippen molar-refractivity contribution < 1.29 is 4.79 Å². The van der Waals surface area contributed by atoms with E-state index in [4.69, 9.17) is 4.99 Å². The molecule has 0 amide bonds. The molecule has 0 radical (unpaired) electrons. The molecule has 0 fully saturated rings. The zero-order valence-corrected chi connectivity index (χ0v) is 15.4. The Kier molecular flexibility index (Phi) is 3.93. The lowest BCUT2D eigenvalue weighted by molar-refractivity contribution is -0.117. The molecule has 0 spiro atoms. The Morgan fingerprint density at radius 3 is 2.75 bits per heavy atom. The number of guanidine groups is 1. The second-order valence-electron chi connectivity index (χ2n) is 7.34. The number of carbonyl (C=O) groups is 1. The Hall–Kier alpha value is -3.48. The highest BCUT2D eigenvalue weighted by Gasteiger charge is 2.35. The van der Waals surface area contributed by atoms with Crippen LogP contribution in [-0.4, -0.2) is 26.7 Å². The van der Waals surface area contributed by atoms with Crippen molar-refractivity contribution in [3.05, 3.63) is 65.6 Å². The standard InChI is InChI=1S/C21H20N6O/c1-12-10-16-18(17(28)11-12)19(13-6-8-22-9-7-13)26-21(25-16)27-20-23-14-4-2-3-5-15(14)24-20/h2-9,12,19H,10-11H2,1H3,(H3,23,24,25,26,27). The minimum atomic E-state index is -0.342. The summed E-state index contributed by atoms with van der Waals surface area (Å²) in [5.74, 6) is 1.67. The largest absolute Gasteiger partial charge is 0.329 e. The van der Waals surface area contributed by atoms with E-state index in [2.05, 4.69) is 32.5 Å². The third-order valence-corrected chi connectivity index (χ3v) is 5.16. The Balaban J connectivity index is 1.52. The third kappa shape index (κ3) is 2.94. The molecule has 1 aromatic carbocycles. The summed E-state index contributed by atoms with van der Waals surface area (Å²) in [5.41, 5.74) is 4.50. The highest BCUT2D eigenvalue weighted by atomic mass is 16.1. The summed E-state index contributed by atoms with van der Waals surface area (Å²) in [7, 11) is 0. The molecule has 7 heteroatoms. The Morgan fingerprint density at radius 1 is 1.11 bits per heavy atom. The first-order chi connectivity index (χ1) is 13.7. The highest BCUT2D eigenvalue weighted by Crippen LogP contribution is 2.37. The van der Waals surface area contributed by atoms with E-state index in [9.17, 15) is 4.79 Å². The molecule has 1 aliphatic carbocycles. The van der Waals surface area contributed by atoms with Crippen LogP contribution in [0.15, 0.2) is 65.1 Å². The van der Waals surface area contributed by atoms with Gasteiger partial charge in [-0.25, -0.2) is 9.98 Å². The fraction of sp³-hybridized carbons (Fsp3) is 0.238. The number of allylic oxidation sites excluding steroid dienone is 1. The number of hydrogen-bond donors (Lipinski definition) is 3. The number of pyridine rings is 1. The predicted molar refractivity (Wildman–Crippen MR) is 108 cm³/mol. The first-order valence-corrected chi connectivity index (χ1v) is 9.40. The summed E-state index contributed by atoms with van der Waals surface area (Å²) < 4.78 is 0. The monoisotopic (exact) mass is 372 g/mol. The zero-order chi connectivity index (χ0) is 19.1. The fourth-order valence-electron chi connectivity index (χ4n) is 3.90. The quantitative estimate of drug-likeness (QED) is 0.641. The number of ketones is 1. The first kappa shape index (κ1) is 16.7. The molecule has 3 heterocycles. The Labute approximate surface area is 162 Å². The number of imidazole rings is 1. The summed E-state index contributed by atoms with van der Waals surface area (Å²) in [4.78, 5) is 29.5. The minimum Gasteiger partial charge on any atom is -0.329 e. The Bertz CT molecular complexity index is 1080. The minimum absolute atomic E-state index is 0.162. The van der Waals surface area contributed by atoms with Crippen molar-refractivity contribution in [1.29, 1.82) is 0 Å². The zero-order valence-electron chi connectivity index (χ0n) is 15.4. The summed E-state index contributed by atoms with van der Waals surface area (Å²) >= 11 is 0. The second-order valence-corrected chi connectivity index (χ2v) is 7.34. The van der Waals surface area contributed by atoms with Crippen LogP contribution >= 0.6 is 0 Å². The third-order valence-electron chi connectivity index (χ3n) is 5.16. The van der Waals surface area contributed by atoms with E-state index in [0.29, 0.717) is 24.2 Å². The van der Waals surface area contributed by atoms with Crippen molar-refractivity contribution in [2.75, 3.05) is 5.32 Å². The molecule has 2 unspecified atom stereocenters. The number of aromatic amines is 1. The van der Waals surface area contributed by atoms with E-state index < -0.39 is 0 Å².